The third-order valence-corrected chi connectivity index (χ3v) is 4.19. The molecule has 3 aromatic carbocycles. The number of rotatable bonds is 7. The summed E-state index contributed by atoms with van der Waals surface area (Å²) in [7, 11) is 0. The monoisotopic (exact) mass is 352 g/mol. The first-order valence-corrected chi connectivity index (χ1v) is 9.34. The molecular formula is C26H24O. The van der Waals surface area contributed by atoms with Crippen LogP contribution in [0.2, 0.25) is 0 Å². The first-order valence-electron chi connectivity index (χ1n) is 9.34. The molecule has 3 aromatic rings. The second-order valence-corrected chi connectivity index (χ2v) is 6.29. The number of hydrogen-bond acceptors (Lipinski definition) is 1. The van der Waals surface area contributed by atoms with Gasteiger partial charge in [-0.3, -0.25) is 0 Å². The van der Waals surface area contributed by atoms with E-state index in [-0.39, 0.29) is 6.10 Å². The molecule has 0 saturated carbocycles. The SMILES string of the molecule is C(#C[C@H](CCc1ccccc1)OC/C=C/c1ccccc1)c1ccccc1. The van der Waals surface area contributed by atoms with Gasteiger partial charge in [0.15, 0.2) is 0 Å². The molecule has 0 saturated heterocycles. The largest absolute Gasteiger partial charge is 0.361 e. The zero-order valence-electron chi connectivity index (χ0n) is 15.4. The van der Waals surface area contributed by atoms with E-state index in [1.165, 1.54) is 11.1 Å². The van der Waals surface area contributed by atoms with Crippen LogP contribution in [0.4, 0.5) is 0 Å². The molecule has 0 aliphatic heterocycles. The predicted molar refractivity (Wildman–Crippen MR) is 113 cm³/mol. The van der Waals surface area contributed by atoms with E-state index in [9.17, 15) is 0 Å². The number of hydrogen-bond donors (Lipinski definition) is 0. The summed E-state index contributed by atoms with van der Waals surface area (Å²) in [5.74, 6) is 6.54. The summed E-state index contributed by atoms with van der Waals surface area (Å²) >= 11 is 0. The van der Waals surface area contributed by atoms with E-state index in [1.807, 2.05) is 54.6 Å². The molecule has 1 heteroatoms. The lowest BCUT2D eigenvalue weighted by molar-refractivity contribution is 0.110. The van der Waals surface area contributed by atoms with Gasteiger partial charge in [0.05, 0.1) is 6.61 Å². The van der Waals surface area contributed by atoms with Crippen molar-refractivity contribution >= 4 is 6.08 Å². The van der Waals surface area contributed by atoms with Crippen molar-refractivity contribution in [2.75, 3.05) is 6.61 Å². The highest BCUT2D eigenvalue weighted by Crippen LogP contribution is 2.08. The second kappa shape index (κ2) is 10.8. The van der Waals surface area contributed by atoms with E-state index in [2.05, 4.69) is 60.4 Å². The molecule has 3 rings (SSSR count). The van der Waals surface area contributed by atoms with Gasteiger partial charge in [0.1, 0.15) is 6.10 Å². The average molecular weight is 352 g/mol. The van der Waals surface area contributed by atoms with E-state index in [4.69, 9.17) is 4.74 Å². The van der Waals surface area contributed by atoms with E-state index in [0.717, 1.165) is 18.4 Å². The lowest BCUT2D eigenvalue weighted by Crippen LogP contribution is -2.12. The third kappa shape index (κ3) is 6.98. The van der Waals surface area contributed by atoms with Gasteiger partial charge in [-0.15, -0.1) is 0 Å². The van der Waals surface area contributed by atoms with Crippen molar-refractivity contribution in [1.29, 1.82) is 0 Å². The molecule has 0 fully saturated rings. The van der Waals surface area contributed by atoms with Crippen LogP contribution in [0.15, 0.2) is 97.1 Å². The highest BCUT2D eigenvalue weighted by atomic mass is 16.5. The normalized spacial score (nSPS) is 11.7. The maximum Gasteiger partial charge on any atom is 0.119 e. The zero-order valence-corrected chi connectivity index (χ0v) is 15.4. The minimum Gasteiger partial charge on any atom is -0.361 e. The van der Waals surface area contributed by atoms with Gasteiger partial charge in [0.2, 0.25) is 0 Å². The van der Waals surface area contributed by atoms with Crippen molar-refractivity contribution in [1.82, 2.24) is 0 Å². The molecule has 0 aromatic heterocycles. The fraction of sp³-hybridized carbons (Fsp3) is 0.154. The van der Waals surface area contributed by atoms with Gasteiger partial charge >= 0.3 is 0 Å². The molecule has 0 bridgehead atoms. The quantitative estimate of drug-likeness (QED) is 0.491. The molecule has 0 aliphatic rings. The van der Waals surface area contributed by atoms with Crippen LogP contribution in [0, 0.1) is 11.8 Å². The van der Waals surface area contributed by atoms with Gasteiger partial charge in [0.25, 0.3) is 0 Å². The van der Waals surface area contributed by atoms with E-state index in [0.29, 0.717) is 6.61 Å². The van der Waals surface area contributed by atoms with Gasteiger partial charge in [-0.25, -0.2) is 0 Å². The Balaban J connectivity index is 1.60. The lowest BCUT2D eigenvalue weighted by Gasteiger charge is -2.11. The Hall–Kier alpha value is -3.08. The molecule has 134 valence electrons. The van der Waals surface area contributed by atoms with Crippen molar-refractivity contribution in [3.8, 4) is 11.8 Å². The van der Waals surface area contributed by atoms with Crippen LogP contribution in [0.5, 0.6) is 0 Å². The number of benzene rings is 3. The van der Waals surface area contributed by atoms with Crippen LogP contribution in [-0.4, -0.2) is 12.7 Å². The Kier molecular flexibility index (Phi) is 7.49. The minimum atomic E-state index is -0.0918. The molecule has 0 unspecified atom stereocenters. The maximum atomic E-state index is 6.05. The summed E-state index contributed by atoms with van der Waals surface area (Å²) in [4.78, 5) is 0. The molecular weight excluding hydrogens is 328 g/mol. The van der Waals surface area contributed by atoms with Crippen LogP contribution in [0.1, 0.15) is 23.1 Å². The van der Waals surface area contributed by atoms with Gasteiger partial charge < -0.3 is 4.74 Å². The third-order valence-electron chi connectivity index (χ3n) is 4.19. The Bertz CT molecular complexity index is 871. The lowest BCUT2D eigenvalue weighted by atomic mass is 10.1. The highest BCUT2D eigenvalue weighted by Gasteiger charge is 2.05. The van der Waals surface area contributed by atoms with Crippen molar-refractivity contribution in [2.24, 2.45) is 0 Å². The van der Waals surface area contributed by atoms with E-state index < -0.39 is 0 Å². The molecule has 0 radical (unpaired) electrons. The maximum absolute atomic E-state index is 6.05. The summed E-state index contributed by atoms with van der Waals surface area (Å²) < 4.78 is 6.05. The van der Waals surface area contributed by atoms with Gasteiger partial charge in [-0.2, -0.15) is 0 Å². The first kappa shape index (κ1) is 18.7. The molecule has 0 amide bonds. The van der Waals surface area contributed by atoms with Crippen LogP contribution in [0.3, 0.4) is 0 Å². The van der Waals surface area contributed by atoms with Gasteiger partial charge in [-0.05, 0) is 36.1 Å². The smallest absolute Gasteiger partial charge is 0.119 e. The fourth-order valence-corrected chi connectivity index (χ4v) is 2.74. The summed E-state index contributed by atoms with van der Waals surface area (Å²) in [5, 5.41) is 0. The van der Waals surface area contributed by atoms with E-state index in [1.54, 1.807) is 0 Å². The molecule has 1 atom stereocenters. The molecule has 27 heavy (non-hydrogen) atoms. The Morgan fingerprint density at radius 2 is 1.41 bits per heavy atom. The minimum absolute atomic E-state index is 0.0918. The topological polar surface area (TPSA) is 9.23 Å². The van der Waals surface area contributed by atoms with Gasteiger partial charge in [0, 0.05) is 5.56 Å². The molecule has 0 spiro atoms. The molecule has 1 nitrogen and oxygen atoms in total. The molecule has 0 aliphatic carbocycles. The zero-order chi connectivity index (χ0) is 18.6. The number of ether oxygens (including phenoxy) is 1. The Labute approximate surface area is 162 Å². The highest BCUT2D eigenvalue weighted by molar-refractivity contribution is 5.48. The van der Waals surface area contributed by atoms with Crippen molar-refractivity contribution < 1.29 is 4.74 Å². The second-order valence-electron chi connectivity index (χ2n) is 6.29. The number of aryl methyl sites for hydroxylation is 1. The standard InChI is InChI=1S/C26H24O/c1-4-11-23(12-5-1)17-10-22-27-26(20-18-24-13-6-2-7-14-24)21-19-25-15-8-3-9-16-25/h1-17,26H,18,20,22H2/b17-10+/t26-/m0/s1. The van der Waals surface area contributed by atoms with E-state index >= 15 is 0 Å². The average Bonchev–Trinajstić information content (AvgIpc) is 2.75. The van der Waals surface area contributed by atoms with Crippen LogP contribution in [-0.2, 0) is 11.2 Å². The first-order chi connectivity index (χ1) is 13.4. The Morgan fingerprint density at radius 1 is 0.778 bits per heavy atom. The van der Waals surface area contributed by atoms with Gasteiger partial charge in [-0.1, -0.05) is 103 Å². The summed E-state index contributed by atoms with van der Waals surface area (Å²) in [6.45, 7) is 0.553. The Morgan fingerprint density at radius 3 is 2.11 bits per heavy atom. The predicted octanol–water partition coefficient (Wildman–Crippen LogP) is 5.77. The van der Waals surface area contributed by atoms with Crippen LogP contribution >= 0.6 is 0 Å². The van der Waals surface area contributed by atoms with Crippen molar-refractivity contribution in [2.45, 2.75) is 18.9 Å². The molecule has 0 heterocycles. The van der Waals surface area contributed by atoms with Crippen molar-refractivity contribution in [3.63, 3.8) is 0 Å². The van der Waals surface area contributed by atoms with Crippen molar-refractivity contribution in [3.05, 3.63) is 114 Å². The van der Waals surface area contributed by atoms with Crippen LogP contribution in [0.25, 0.3) is 6.08 Å². The summed E-state index contributed by atoms with van der Waals surface area (Å²) in [6, 6.07) is 30.8. The molecule has 0 N–H and O–H groups in total. The van der Waals surface area contributed by atoms with Crippen LogP contribution < -0.4 is 0 Å². The summed E-state index contributed by atoms with van der Waals surface area (Å²) in [5.41, 5.74) is 3.51. The summed E-state index contributed by atoms with van der Waals surface area (Å²) in [6.07, 6.45) is 5.87. The fourth-order valence-electron chi connectivity index (χ4n) is 2.74.